The number of hydrogen-bond donors (Lipinski definition) is 1. The highest BCUT2D eigenvalue weighted by molar-refractivity contribution is 8.00. The molecule has 92 valence electrons. The van der Waals surface area contributed by atoms with Crippen LogP contribution < -0.4 is 5.32 Å². The molecule has 0 spiro atoms. The molecule has 0 bridgehead atoms. The molecule has 1 aromatic rings. The minimum atomic E-state index is -4.15. The van der Waals surface area contributed by atoms with Crippen molar-refractivity contribution in [3.63, 3.8) is 0 Å². The molecule has 7 heteroatoms. The summed E-state index contributed by atoms with van der Waals surface area (Å²) >= 11 is -0.00871. The Morgan fingerprint density at radius 1 is 1.50 bits per heavy atom. The zero-order chi connectivity index (χ0) is 12.0. The second-order valence-corrected chi connectivity index (χ2v) is 4.34. The standard InChI is InChI=1S/C9H14F3N3S/c1-2-13-5-8-6-15(7-14-8)3-4-16-9(10,11)12/h6-7,13H,2-5H2,1H3. The van der Waals surface area contributed by atoms with Crippen molar-refractivity contribution in [3.8, 4) is 0 Å². The van der Waals surface area contributed by atoms with Crippen molar-refractivity contribution in [1.29, 1.82) is 0 Å². The summed E-state index contributed by atoms with van der Waals surface area (Å²) in [6.45, 7) is 3.80. The van der Waals surface area contributed by atoms with E-state index in [2.05, 4.69) is 10.3 Å². The molecule has 1 N–H and O–H groups in total. The van der Waals surface area contributed by atoms with Crippen LogP contribution in [0.15, 0.2) is 12.5 Å². The van der Waals surface area contributed by atoms with Gasteiger partial charge in [-0.15, -0.1) is 0 Å². The Bertz CT molecular complexity index is 311. The summed E-state index contributed by atoms with van der Waals surface area (Å²) in [6, 6.07) is 0. The molecule has 0 atom stereocenters. The molecule has 1 rings (SSSR count). The lowest BCUT2D eigenvalue weighted by atomic mass is 10.4. The maximum Gasteiger partial charge on any atom is 0.441 e. The number of aryl methyl sites for hydroxylation is 1. The van der Waals surface area contributed by atoms with Gasteiger partial charge in [-0.05, 0) is 18.3 Å². The SMILES string of the molecule is CCNCc1cn(CCSC(F)(F)F)cn1. The van der Waals surface area contributed by atoms with Crippen LogP contribution in [0.1, 0.15) is 12.6 Å². The number of aromatic nitrogens is 2. The highest BCUT2D eigenvalue weighted by Gasteiger charge is 2.27. The van der Waals surface area contributed by atoms with Crippen LogP contribution in [0.4, 0.5) is 13.2 Å². The van der Waals surface area contributed by atoms with Crippen LogP contribution in [0.2, 0.25) is 0 Å². The Morgan fingerprint density at radius 3 is 2.88 bits per heavy atom. The average Bonchev–Trinajstić information content (AvgIpc) is 2.61. The minimum Gasteiger partial charge on any atom is -0.336 e. The predicted octanol–water partition coefficient (Wildman–Crippen LogP) is 2.25. The molecule has 0 saturated carbocycles. The van der Waals surface area contributed by atoms with E-state index in [1.54, 1.807) is 17.1 Å². The van der Waals surface area contributed by atoms with Gasteiger partial charge < -0.3 is 9.88 Å². The lowest BCUT2D eigenvalue weighted by Gasteiger charge is -2.05. The number of alkyl halides is 3. The average molecular weight is 253 g/mol. The van der Waals surface area contributed by atoms with Gasteiger partial charge in [-0.1, -0.05) is 6.92 Å². The summed E-state index contributed by atoms with van der Waals surface area (Å²) in [5.74, 6) is 0.0144. The van der Waals surface area contributed by atoms with Crippen molar-refractivity contribution >= 4 is 11.8 Å². The van der Waals surface area contributed by atoms with Crippen LogP contribution >= 0.6 is 11.8 Å². The first-order chi connectivity index (χ1) is 7.51. The Labute approximate surface area is 96.4 Å². The number of thioether (sulfide) groups is 1. The maximum absolute atomic E-state index is 11.9. The van der Waals surface area contributed by atoms with Crippen LogP contribution in [0, 0.1) is 0 Å². The fraction of sp³-hybridized carbons (Fsp3) is 0.667. The van der Waals surface area contributed by atoms with Crippen molar-refractivity contribution in [2.75, 3.05) is 12.3 Å². The lowest BCUT2D eigenvalue weighted by Crippen LogP contribution is -2.11. The first kappa shape index (κ1) is 13.4. The highest BCUT2D eigenvalue weighted by Crippen LogP contribution is 2.29. The summed E-state index contributed by atoms with van der Waals surface area (Å²) in [7, 11) is 0. The molecule has 0 saturated heterocycles. The Kier molecular flexibility index (Phi) is 5.14. The number of halogens is 3. The van der Waals surface area contributed by atoms with E-state index in [0.29, 0.717) is 13.1 Å². The van der Waals surface area contributed by atoms with Crippen molar-refractivity contribution in [2.45, 2.75) is 25.5 Å². The van der Waals surface area contributed by atoms with Gasteiger partial charge in [-0.3, -0.25) is 0 Å². The second-order valence-electron chi connectivity index (χ2n) is 3.18. The zero-order valence-corrected chi connectivity index (χ0v) is 9.74. The van der Waals surface area contributed by atoms with Gasteiger partial charge in [0.25, 0.3) is 0 Å². The maximum atomic E-state index is 11.9. The first-order valence-corrected chi connectivity index (χ1v) is 5.92. The molecule has 0 amide bonds. The van der Waals surface area contributed by atoms with E-state index in [-0.39, 0.29) is 17.5 Å². The summed E-state index contributed by atoms with van der Waals surface area (Å²) in [4.78, 5) is 4.08. The van der Waals surface area contributed by atoms with E-state index in [4.69, 9.17) is 0 Å². The topological polar surface area (TPSA) is 29.9 Å². The molecule has 3 nitrogen and oxygen atoms in total. The molecule has 16 heavy (non-hydrogen) atoms. The second kappa shape index (κ2) is 6.15. The minimum absolute atomic E-state index is 0.00871. The monoisotopic (exact) mass is 253 g/mol. The van der Waals surface area contributed by atoms with Crippen molar-refractivity contribution in [3.05, 3.63) is 18.2 Å². The van der Waals surface area contributed by atoms with E-state index >= 15 is 0 Å². The normalized spacial score (nSPS) is 12.0. The molecule has 0 aliphatic heterocycles. The van der Waals surface area contributed by atoms with Crippen LogP contribution in [0.3, 0.4) is 0 Å². The predicted molar refractivity (Wildman–Crippen MR) is 58.1 cm³/mol. The lowest BCUT2D eigenvalue weighted by molar-refractivity contribution is -0.0328. The first-order valence-electron chi connectivity index (χ1n) is 4.93. The van der Waals surface area contributed by atoms with Crippen LogP contribution in [0.5, 0.6) is 0 Å². The molecule has 1 heterocycles. The van der Waals surface area contributed by atoms with Crippen molar-refractivity contribution in [2.24, 2.45) is 0 Å². The fourth-order valence-corrected chi connectivity index (χ4v) is 1.67. The Balaban J connectivity index is 2.29. The van der Waals surface area contributed by atoms with E-state index in [0.717, 1.165) is 12.2 Å². The third-order valence-corrected chi connectivity index (χ3v) is 2.57. The summed E-state index contributed by atoms with van der Waals surface area (Å²) in [6.07, 6.45) is 3.32. The number of hydrogen-bond acceptors (Lipinski definition) is 3. The largest absolute Gasteiger partial charge is 0.441 e. The van der Waals surface area contributed by atoms with E-state index < -0.39 is 5.51 Å². The van der Waals surface area contributed by atoms with Gasteiger partial charge in [-0.25, -0.2) is 4.98 Å². The molecule has 0 fully saturated rings. The quantitative estimate of drug-likeness (QED) is 0.843. The third kappa shape index (κ3) is 5.41. The van der Waals surface area contributed by atoms with Crippen molar-refractivity contribution in [1.82, 2.24) is 14.9 Å². The highest BCUT2D eigenvalue weighted by atomic mass is 32.2. The smallest absolute Gasteiger partial charge is 0.336 e. The Hall–Kier alpha value is -0.690. The number of nitrogens with zero attached hydrogens (tertiary/aromatic N) is 2. The molecule has 0 aliphatic carbocycles. The van der Waals surface area contributed by atoms with Gasteiger partial charge in [0.15, 0.2) is 0 Å². The summed E-state index contributed by atoms with van der Waals surface area (Å²) in [5.41, 5.74) is -3.30. The third-order valence-electron chi connectivity index (χ3n) is 1.86. The van der Waals surface area contributed by atoms with Gasteiger partial charge in [0.1, 0.15) is 0 Å². The van der Waals surface area contributed by atoms with E-state index in [1.807, 2.05) is 6.92 Å². The number of rotatable bonds is 6. The van der Waals surface area contributed by atoms with Gasteiger partial charge in [0.2, 0.25) is 0 Å². The van der Waals surface area contributed by atoms with E-state index in [1.165, 1.54) is 0 Å². The zero-order valence-electron chi connectivity index (χ0n) is 8.92. The summed E-state index contributed by atoms with van der Waals surface area (Å²) in [5, 5.41) is 3.10. The fourth-order valence-electron chi connectivity index (χ4n) is 1.14. The number of imidazole rings is 1. The van der Waals surface area contributed by atoms with Crippen LogP contribution in [0.25, 0.3) is 0 Å². The molecule has 1 aromatic heterocycles. The van der Waals surface area contributed by atoms with Gasteiger partial charge in [0.05, 0.1) is 12.0 Å². The Morgan fingerprint density at radius 2 is 2.25 bits per heavy atom. The van der Waals surface area contributed by atoms with Gasteiger partial charge >= 0.3 is 5.51 Å². The van der Waals surface area contributed by atoms with Gasteiger partial charge in [0, 0.05) is 25.0 Å². The van der Waals surface area contributed by atoms with Crippen LogP contribution in [-0.2, 0) is 13.1 Å². The molecule has 0 unspecified atom stereocenters. The van der Waals surface area contributed by atoms with E-state index in [9.17, 15) is 13.2 Å². The van der Waals surface area contributed by atoms with Gasteiger partial charge in [-0.2, -0.15) is 13.2 Å². The van der Waals surface area contributed by atoms with Crippen molar-refractivity contribution < 1.29 is 13.2 Å². The molecular weight excluding hydrogens is 239 g/mol. The molecular formula is C9H14F3N3S. The van der Waals surface area contributed by atoms with Crippen LogP contribution in [-0.4, -0.2) is 27.4 Å². The molecule has 0 aromatic carbocycles. The number of nitrogens with one attached hydrogen (secondary N) is 1. The molecule has 0 aliphatic rings. The molecule has 0 radical (unpaired) electrons. The summed E-state index contributed by atoms with van der Waals surface area (Å²) < 4.78 is 37.2.